The molecule has 340 valence electrons. The first-order chi connectivity index (χ1) is 31.1. The molecule has 4 aliphatic rings. The Morgan fingerprint density at radius 1 is 0.984 bits per heavy atom. The standard InChI is InChI=1S/C45H55F2N11O6/c1-55-37-19-27(8-11-35(37)58(45(55)62)36-12-13-39(59)53-43(36)61)3-2-16-56-17-18-63-32(24-56)23-48-21-28-6-9-31(10-7-28)57-25-33(40(54-57)41(46)47)51-42(60)34-26-64-44(52-34)30-14-15-49-38(20-30)50-22-29-4-5-29/h8,11,14-15,19-20,25-26,28-29,31-32,36,41,48H,2-7,9-10,12-13,16-18,21-24H2,1H3,(H,49,50)(H,51,60)(H,53,59,61)/t28-,31-,32-,36?/m0/s1. The van der Waals surface area contributed by atoms with E-state index in [0.717, 1.165) is 88.9 Å². The van der Waals surface area contributed by atoms with Crippen molar-refractivity contribution in [2.24, 2.45) is 18.9 Å². The van der Waals surface area contributed by atoms with E-state index in [1.54, 1.807) is 34.6 Å². The molecule has 0 radical (unpaired) electrons. The lowest BCUT2D eigenvalue weighted by molar-refractivity contribution is -0.135. The molecule has 5 aromatic rings. The molecular weight excluding hydrogens is 829 g/mol. The van der Waals surface area contributed by atoms with Crippen LogP contribution in [0, 0.1) is 11.8 Å². The summed E-state index contributed by atoms with van der Waals surface area (Å²) in [6.45, 7) is 5.68. The summed E-state index contributed by atoms with van der Waals surface area (Å²) in [4.78, 5) is 61.6. The Labute approximate surface area is 368 Å². The van der Waals surface area contributed by atoms with Gasteiger partial charge in [-0.2, -0.15) is 5.10 Å². The van der Waals surface area contributed by atoms with Crippen molar-refractivity contribution in [2.45, 2.75) is 88.8 Å². The highest BCUT2D eigenvalue weighted by Crippen LogP contribution is 2.35. The average Bonchev–Trinajstić information content (AvgIpc) is 3.71. The number of oxazole rings is 1. The first-order valence-corrected chi connectivity index (χ1v) is 22.5. The Hall–Kier alpha value is -5.79. The largest absolute Gasteiger partial charge is 0.444 e. The third kappa shape index (κ3) is 9.95. The summed E-state index contributed by atoms with van der Waals surface area (Å²) >= 11 is 0. The first kappa shape index (κ1) is 43.5. The van der Waals surface area contributed by atoms with E-state index in [0.29, 0.717) is 41.8 Å². The van der Waals surface area contributed by atoms with Gasteiger partial charge in [0.25, 0.3) is 12.3 Å². The lowest BCUT2D eigenvalue weighted by Gasteiger charge is -2.34. The molecule has 4 fully saturated rings. The predicted molar refractivity (Wildman–Crippen MR) is 233 cm³/mol. The normalized spacial score (nSPS) is 22.0. The highest BCUT2D eigenvalue weighted by atomic mass is 19.3. The summed E-state index contributed by atoms with van der Waals surface area (Å²) in [7, 11) is 1.71. The van der Waals surface area contributed by atoms with Gasteiger partial charge in [-0.05, 0) is 113 Å². The zero-order chi connectivity index (χ0) is 44.3. The van der Waals surface area contributed by atoms with Crippen molar-refractivity contribution in [3.8, 4) is 11.5 Å². The van der Waals surface area contributed by atoms with E-state index in [1.807, 2.05) is 18.2 Å². The number of nitrogens with zero attached hydrogens (tertiary/aromatic N) is 7. The van der Waals surface area contributed by atoms with Gasteiger partial charge in [-0.25, -0.2) is 23.5 Å². The van der Waals surface area contributed by atoms with Gasteiger partial charge in [0.05, 0.1) is 35.5 Å². The molecule has 6 heterocycles. The number of benzene rings is 1. The zero-order valence-electron chi connectivity index (χ0n) is 35.9. The van der Waals surface area contributed by atoms with Crippen molar-refractivity contribution >= 4 is 40.3 Å². The van der Waals surface area contributed by atoms with Crippen LogP contribution in [0.2, 0.25) is 0 Å². The van der Waals surface area contributed by atoms with E-state index in [2.05, 4.69) is 41.2 Å². The number of aryl methyl sites for hydroxylation is 2. The molecule has 2 saturated heterocycles. The average molecular weight is 884 g/mol. The maximum atomic E-state index is 14.2. The SMILES string of the molecule is Cn1c(=O)n(C2CCC(=O)NC2=O)c2ccc(CCCN3CCO[C@@H](CNC[C@H]4CC[C@H](n5cc(NC(=O)c6coc(-c7ccnc(NCC8CC8)c7)n6)c(C(F)F)n5)CC4)C3)cc21. The Morgan fingerprint density at radius 3 is 2.59 bits per heavy atom. The summed E-state index contributed by atoms with van der Waals surface area (Å²) in [6, 6.07) is 8.71. The third-order valence-electron chi connectivity index (χ3n) is 13.1. The van der Waals surface area contributed by atoms with Crippen LogP contribution in [-0.4, -0.2) is 103 Å². The number of amides is 3. The van der Waals surface area contributed by atoms with Gasteiger partial charge in [-0.3, -0.25) is 38.4 Å². The van der Waals surface area contributed by atoms with E-state index in [-0.39, 0.29) is 47.4 Å². The zero-order valence-corrected chi connectivity index (χ0v) is 35.9. The number of imide groups is 1. The van der Waals surface area contributed by atoms with Crippen LogP contribution < -0.4 is 27.0 Å². The molecule has 64 heavy (non-hydrogen) atoms. The van der Waals surface area contributed by atoms with Gasteiger partial charge in [-0.15, -0.1) is 0 Å². The molecule has 1 unspecified atom stereocenters. The van der Waals surface area contributed by atoms with Gasteiger partial charge in [0.1, 0.15) is 18.1 Å². The molecule has 4 aromatic heterocycles. The quantitative estimate of drug-likeness (QED) is 0.0890. The number of ether oxygens (including phenoxy) is 1. The Kier molecular flexibility index (Phi) is 13.0. The van der Waals surface area contributed by atoms with Gasteiger partial charge < -0.3 is 25.1 Å². The van der Waals surface area contributed by atoms with Gasteiger partial charge in [0.15, 0.2) is 11.4 Å². The van der Waals surface area contributed by atoms with Crippen LogP contribution >= 0.6 is 0 Å². The Balaban J connectivity index is 0.707. The van der Waals surface area contributed by atoms with E-state index in [4.69, 9.17) is 9.15 Å². The van der Waals surface area contributed by atoms with Crippen molar-refractivity contribution in [3.05, 3.63) is 76.4 Å². The molecule has 0 spiro atoms. The molecule has 3 amide bonds. The second kappa shape index (κ2) is 19.1. The Bertz CT molecular complexity index is 2540. The van der Waals surface area contributed by atoms with Crippen LogP contribution in [0.5, 0.6) is 0 Å². The van der Waals surface area contributed by atoms with Crippen LogP contribution in [0.1, 0.15) is 98.0 Å². The molecule has 9 rings (SSSR count). The number of pyridine rings is 1. The fourth-order valence-electron chi connectivity index (χ4n) is 9.25. The number of nitrogens with one attached hydrogen (secondary N) is 4. The number of piperidine rings is 1. The number of carbonyl (C=O) groups is 3. The van der Waals surface area contributed by atoms with Crippen LogP contribution in [0.25, 0.3) is 22.5 Å². The highest BCUT2D eigenvalue weighted by molar-refractivity contribution is 6.03. The van der Waals surface area contributed by atoms with Crippen molar-refractivity contribution < 1.29 is 32.3 Å². The molecule has 17 nitrogen and oxygen atoms in total. The number of morpholine rings is 1. The minimum atomic E-state index is -2.87. The molecule has 2 aliphatic heterocycles. The summed E-state index contributed by atoms with van der Waals surface area (Å²) in [6.07, 6.45) is 9.64. The summed E-state index contributed by atoms with van der Waals surface area (Å²) in [5.74, 6) is 0.602. The van der Waals surface area contributed by atoms with Crippen molar-refractivity contribution in [3.63, 3.8) is 0 Å². The van der Waals surface area contributed by atoms with E-state index < -0.39 is 30.0 Å². The number of anilines is 2. The first-order valence-electron chi connectivity index (χ1n) is 22.5. The summed E-state index contributed by atoms with van der Waals surface area (Å²) in [5, 5.41) is 16.1. The van der Waals surface area contributed by atoms with Crippen LogP contribution in [0.4, 0.5) is 20.3 Å². The summed E-state index contributed by atoms with van der Waals surface area (Å²) < 4.78 is 44.7. The van der Waals surface area contributed by atoms with Gasteiger partial charge in [0, 0.05) is 57.6 Å². The number of halogens is 2. The topological polar surface area (TPSA) is 195 Å². The van der Waals surface area contributed by atoms with Crippen LogP contribution in [0.3, 0.4) is 0 Å². The molecule has 1 aromatic carbocycles. The molecule has 0 bridgehead atoms. The van der Waals surface area contributed by atoms with Crippen LogP contribution in [0.15, 0.2) is 58.2 Å². The third-order valence-corrected chi connectivity index (χ3v) is 13.1. The van der Waals surface area contributed by atoms with Crippen LogP contribution in [-0.2, 0) is 27.8 Å². The smallest absolute Gasteiger partial charge is 0.329 e. The lowest BCUT2D eigenvalue weighted by atomic mass is 9.86. The fraction of sp³-hybridized carbons (Fsp3) is 0.533. The number of hydrogen-bond acceptors (Lipinski definition) is 12. The van der Waals surface area contributed by atoms with E-state index >= 15 is 0 Å². The minimum Gasteiger partial charge on any atom is -0.444 e. The molecule has 19 heteroatoms. The number of carbonyl (C=O) groups excluding carboxylic acids is 3. The fourth-order valence-corrected chi connectivity index (χ4v) is 9.25. The maximum absolute atomic E-state index is 14.2. The molecular formula is C45H55F2N11O6. The lowest BCUT2D eigenvalue weighted by Crippen LogP contribution is -2.47. The summed E-state index contributed by atoms with van der Waals surface area (Å²) in [5.41, 5.74) is 2.39. The molecule has 4 N–H and O–H groups in total. The molecule has 2 saturated carbocycles. The maximum Gasteiger partial charge on any atom is 0.329 e. The van der Waals surface area contributed by atoms with Crippen molar-refractivity contribution in [1.29, 1.82) is 0 Å². The molecule has 2 atom stereocenters. The number of fused-ring (bicyclic) bond motifs is 1. The predicted octanol–water partition coefficient (Wildman–Crippen LogP) is 5.23. The Morgan fingerprint density at radius 2 is 1.80 bits per heavy atom. The highest BCUT2D eigenvalue weighted by Gasteiger charge is 2.32. The number of imidazole rings is 1. The van der Waals surface area contributed by atoms with Crippen molar-refractivity contribution in [2.75, 3.05) is 56.5 Å². The second-order valence-electron chi connectivity index (χ2n) is 17.7. The van der Waals surface area contributed by atoms with E-state index in [1.165, 1.54) is 29.9 Å². The van der Waals surface area contributed by atoms with Gasteiger partial charge in [-0.1, -0.05) is 6.07 Å². The number of aromatic nitrogens is 6. The van der Waals surface area contributed by atoms with Gasteiger partial charge >= 0.3 is 5.69 Å². The second-order valence-corrected chi connectivity index (χ2v) is 17.7. The number of rotatable bonds is 17. The van der Waals surface area contributed by atoms with Gasteiger partial charge in [0.2, 0.25) is 17.7 Å². The minimum absolute atomic E-state index is 0.0324. The van der Waals surface area contributed by atoms with E-state index in [9.17, 15) is 28.0 Å². The number of alkyl halides is 2. The molecule has 2 aliphatic carbocycles. The monoisotopic (exact) mass is 883 g/mol. The number of hydrogen-bond donors (Lipinski definition) is 4. The van der Waals surface area contributed by atoms with Crippen molar-refractivity contribution in [1.82, 2.24) is 44.4 Å².